The summed E-state index contributed by atoms with van der Waals surface area (Å²) in [5, 5.41) is 0. The summed E-state index contributed by atoms with van der Waals surface area (Å²) in [6, 6.07) is 11.0. The molecule has 2 aromatic carbocycles. The molecular formula is C19H24FNO5S2. The van der Waals surface area contributed by atoms with Gasteiger partial charge >= 0.3 is 10.1 Å². The van der Waals surface area contributed by atoms with Crippen molar-refractivity contribution < 1.29 is 25.4 Å². The van der Waals surface area contributed by atoms with E-state index in [-0.39, 0.29) is 35.4 Å². The van der Waals surface area contributed by atoms with E-state index in [1.807, 2.05) is 13.8 Å². The van der Waals surface area contributed by atoms with E-state index in [0.717, 1.165) is 12.1 Å². The Hall–Kier alpha value is -1.97. The minimum absolute atomic E-state index is 0.00415. The lowest BCUT2D eigenvalue weighted by Crippen LogP contribution is -2.33. The Morgan fingerprint density at radius 2 is 1.68 bits per heavy atom. The second-order valence-corrected chi connectivity index (χ2v) is 10.5. The highest BCUT2D eigenvalue weighted by molar-refractivity contribution is 7.89. The van der Waals surface area contributed by atoms with Crippen molar-refractivity contribution in [2.45, 2.75) is 32.2 Å². The third kappa shape index (κ3) is 6.02. The highest BCUT2D eigenvalue weighted by Gasteiger charge is 2.25. The van der Waals surface area contributed by atoms with Crippen molar-refractivity contribution in [2.24, 2.45) is 5.92 Å². The van der Waals surface area contributed by atoms with Gasteiger partial charge in [-0.05, 0) is 54.8 Å². The molecule has 6 nitrogen and oxygen atoms in total. The summed E-state index contributed by atoms with van der Waals surface area (Å²) in [6.45, 7) is 5.53. The molecule has 0 fully saturated rings. The molecule has 0 radical (unpaired) electrons. The molecule has 2 rings (SSSR count). The van der Waals surface area contributed by atoms with Gasteiger partial charge in [0.2, 0.25) is 10.0 Å². The molecule has 0 heterocycles. The molecule has 0 aromatic heterocycles. The van der Waals surface area contributed by atoms with E-state index < -0.39 is 26.0 Å². The quantitative estimate of drug-likeness (QED) is 0.571. The molecule has 9 heteroatoms. The Labute approximate surface area is 166 Å². The van der Waals surface area contributed by atoms with Gasteiger partial charge < -0.3 is 4.18 Å². The Bertz CT molecular complexity index is 1000. The SMILES string of the molecule is CCS(=O)(=O)Oc1cccc(CN(CC(C)C)S(=O)(=O)c2ccc(F)cc2)c1. The van der Waals surface area contributed by atoms with Crippen LogP contribution in [0.15, 0.2) is 53.4 Å². The molecule has 0 unspecified atom stereocenters. The van der Waals surface area contributed by atoms with Crippen LogP contribution in [0.3, 0.4) is 0 Å². The Morgan fingerprint density at radius 1 is 1.04 bits per heavy atom. The van der Waals surface area contributed by atoms with Crippen molar-refractivity contribution in [3.05, 3.63) is 59.9 Å². The first kappa shape index (κ1) is 22.3. The van der Waals surface area contributed by atoms with Gasteiger partial charge in [0.25, 0.3) is 0 Å². The Morgan fingerprint density at radius 3 is 2.25 bits per heavy atom. The van der Waals surface area contributed by atoms with E-state index in [9.17, 15) is 21.2 Å². The molecule has 0 bridgehead atoms. The summed E-state index contributed by atoms with van der Waals surface area (Å²) in [5.74, 6) is -0.509. The van der Waals surface area contributed by atoms with E-state index in [4.69, 9.17) is 4.18 Å². The van der Waals surface area contributed by atoms with E-state index in [1.165, 1.54) is 35.5 Å². The van der Waals surface area contributed by atoms with Crippen molar-refractivity contribution >= 4 is 20.1 Å². The zero-order valence-electron chi connectivity index (χ0n) is 16.0. The maximum absolute atomic E-state index is 13.2. The minimum Gasteiger partial charge on any atom is -0.382 e. The standard InChI is InChI=1S/C19H24FNO5S2/c1-4-27(22,23)26-18-7-5-6-16(12-18)14-21(13-15(2)3)28(24,25)19-10-8-17(20)9-11-19/h5-12,15H,4,13-14H2,1-3H3. The van der Waals surface area contributed by atoms with E-state index in [1.54, 1.807) is 12.1 Å². The summed E-state index contributed by atoms with van der Waals surface area (Å²) >= 11 is 0. The van der Waals surface area contributed by atoms with E-state index in [2.05, 4.69) is 0 Å². The number of nitrogens with zero attached hydrogens (tertiary/aromatic N) is 1. The second kappa shape index (κ2) is 9.02. The fourth-order valence-corrected chi connectivity index (χ4v) is 4.62. The van der Waals surface area contributed by atoms with E-state index >= 15 is 0 Å². The van der Waals surface area contributed by atoms with Crippen molar-refractivity contribution in [3.8, 4) is 5.75 Å². The smallest absolute Gasteiger partial charge is 0.308 e. The lowest BCUT2D eigenvalue weighted by Gasteiger charge is -2.24. The number of hydrogen-bond acceptors (Lipinski definition) is 5. The summed E-state index contributed by atoms with van der Waals surface area (Å²) in [4.78, 5) is -0.00415. The highest BCUT2D eigenvalue weighted by Crippen LogP contribution is 2.23. The molecule has 2 aromatic rings. The van der Waals surface area contributed by atoms with Gasteiger partial charge in [-0.15, -0.1) is 0 Å². The molecule has 0 atom stereocenters. The average molecular weight is 430 g/mol. The third-order valence-electron chi connectivity index (χ3n) is 3.85. The maximum Gasteiger partial charge on any atom is 0.308 e. The van der Waals surface area contributed by atoms with Gasteiger partial charge in [0.05, 0.1) is 10.6 Å². The van der Waals surface area contributed by atoms with Gasteiger partial charge in [0.15, 0.2) is 0 Å². The zero-order chi connectivity index (χ0) is 20.9. The highest BCUT2D eigenvalue weighted by atomic mass is 32.2. The van der Waals surface area contributed by atoms with Gasteiger partial charge in [-0.1, -0.05) is 26.0 Å². The predicted molar refractivity (Wildman–Crippen MR) is 105 cm³/mol. The van der Waals surface area contributed by atoms with Gasteiger partial charge in [-0.3, -0.25) is 0 Å². The van der Waals surface area contributed by atoms with Crippen LogP contribution in [-0.4, -0.2) is 33.4 Å². The van der Waals surface area contributed by atoms with Crippen LogP contribution in [0.25, 0.3) is 0 Å². The number of benzene rings is 2. The topological polar surface area (TPSA) is 80.8 Å². The third-order valence-corrected chi connectivity index (χ3v) is 6.83. The molecule has 0 aliphatic heterocycles. The maximum atomic E-state index is 13.2. The van der Waals surface area contributed by atoms with Crippen molar-refractivity contribution in [2.75, 3.05) is 12.3 Å². The fourth-order valence-electron chi connectivity index (χ4n) is 2.52. The molecule has 0 aliphatic rings. The minimum atomic E-state index is -3.86. The van der Waals surface area contributed by atoms with Crippen LogP contribution in [0.4, 0.5) is 4.39 Å². The van der Waals surface area contributed by atoms with Crippen molar-refractivity contribution in [3.63, 3.8) is 0 Å². The number of halogens is 1. The number of sulfonamides is 1. The van der Waals surface area contributed by atoms with Crippen LogP contribution in [0.2, 0.25) is 0 Å². The van der Waals surface area contributed by atoms with Gasteiger partial charge in [-0.25, -0.2) is 12.8 Å². The first-order valence-electron chi connectivity index (χ1n) is 8.80. The second-order valence-electron chi connectivity index (χ2n) is 6.72. The molecule has 0 saturated carbocycles. The number of hydrogen-bond donors (Lipinski definition) is 0. The summed E-state index contributed by atoms with van der Waals surface area (Å²) in [6.07, 6.45) is 0. The van der Waals surface area contributed by atoms with Gasteiger partial charge in [-0.2, -0.15) is 12.7 Å². The summed E-state index contributed by atoms with van der Waals surface area (Å²) in [5.41, 5.74) is 0.579. The average Bonchev–Trinajstić information content (AvgIpc) is 2.61. The van der Waals surface area contributed by atoms with Crippen LogP contribution in [0.5, 0.6) is 5.75 Å². The van der Waals surface area contributed by atoms with Crippen LogP contribution in [-0.2, 0) is 26.7 Å². The van der Waals surface area contributed by atoms with Gasteiger partial charge in [0, 0.05) is 13.1 Å². The monoisotopic (exact) mass is 429 g/mol. The molecule has 0 aliphatic carbocycles. The first-order chi connectivity index (χ1) is 13.0. The fraction of sp³-hybridized carbons (Fsp3) is 0.368. The van der Waals surface area contributed by atoms with Crippen molar-refractivity contribution in [1.29, 1.82) is 0 Å². The van der Waals surface area contributed by atoms with E-state index in [0.29, 0.717) is 5.56 Å². The van der Waals surface area contributed by atoms with Crippen LogP contribution in [0.1, 0.15) is 26.3 Å². The Kier molecular flexibility index (Phi) is 7.19. The largest absolute Gasteiger partial charge is 0.382 e. The van der Waals surface area contributed by atoms with Crippen LogP contribution < -0.4 is 4.18 Å². The van der Waals surface area contributed by atoms with Gasteiger partial charge in [0.1, 0.15) is 11.6 Å². The molecule has 154 valence electrons. The predicted octanol–water partition coefficient (Wildman–Crippen LogP) is 3.40. The zero-order valence-corrected chi connectivity index (χ0v) is 17.6. The van der Waals surface area contributed by atoms with Crippen LogP contribution in [0, 0.1) is 11.7 Å². The molecule has 0 N–H and O–H groups in total. The normalized spacial score (nSPS) is 12.5. The lowest BCUT2D eigenvalue weighted by atomic mass is 10.2. The number of rotatable bonds is 9. The van der Waals surface area contributed by atoms with Crippen molar-refractivity contribution in [1.82, 2.24) is 4.31 Å². The molecule has 0 spiro atoms. The Balaban J connectivity index is 2.33. The summed E-state index contributed by atoms with van der Waals surface area (Å²) in [7, 11) is -7.54. The van der Waals surface area contributed by atoms with Crippen LogP contribution >= 0.6 is 0 Å². The molecule has 0 amide bonds. The molecule has 0 saturated heterocycles. The summed E-state index contributed by atoms with van der Waals surface area (Å²) < 4.78 is 68.8. The lowest BCUT2D eigenvalue weighted by molar-refractivity contribution is 0.361. The molecule has 28 heavy (non-hydrogen) atoms. The molecular weight excluding hydrogens is 405 g/mol. The first-order valence-corrected chi connectivity index (χ1v) is 11.8.